The number of likely N-dealkylation sites (tertiary alicyclic amines) is 1. The Kier molecular flexibility index (Phi) is 3.03. The minimum atomic E-state index is -0.0381. The van der Waals surface area contributed by atoms with E-state index in [0.717, 1.165) is 35.9 Å². The van der Waals surface area contributed by atoms with Crippen LogP contribution in [0.5, 0.6) is 0 Å². The highest BCUT2D eigenvalue weighted by Crippen LogP contribution is 2.26. The average molecular weight is 258 g/mol. The summed E-state index contributed by atoms with van der Waals surface area (Å²) >= 11 is 0. The van der Waals surface area contributed by atoms with Crippen LogP contribution >= 0.6 is 0 Å². The summed E-state index contributed by atoms with van der Waals surface area (Å²) in [6, 6.07) is 7.82. The van der Waals surface area contributed by atoms with Gasteiger partial charge in [0.05, 0.1) is 0 Å². The van der Waals surface area contributed by atoms with Gasteiger partial charge in [-0.05, 0) is 25.8 Å². The van der Waals surface area contributed by atoms with Gasteiger partial charge in [-0.15, -0.1) is 0 Å². The monoisotopic (exact) mass is 258 g/mol. The minimum absolute atomic E-state index is 0.0381. The van der Waals surface area contributed by atoms with E-state index >= 15 is 0 Å². The molecule has 100 valence electrons. The van der Waals surface area contributed by atoms with E-state index in [4.69, 9.17) is 10.2 Å². The van der Waals surface area contributed by atoms with Crippen molar-refractivity contribution in [3.05, 3.63) is 35.6 Å². The molecule has 1 aromatic carbocycles. The van der Waals surface area contributed by atoms with E-state index in [1.54, 1.807) is 4.90 Å². The van der Waals surface area contributed by atoms with E-state index in [9.17, 15) is 4.79 Å². The maximum atomic E-state index is 12.5. The molecule has 1 aliphatic rings. The first kappa shape index (κ1) is 12.2. The van der Waals surface area contributed by atoms with Gasteiger partial charge in [-0.3, -0.25) is 4.79 Å². The van der Waals surface area contributed by atoms with E-state index < -0.39 is 0 Å². The van der Waals surface area contributed by atoms with E-state index in [1.165, 1.54) is 0 Å². The SMILES string of the molecule is Cc1c(C(=O)N2CCCC(N)C2)oc2ccccc12. The summed E-state index contributed by atoms with van der Waals surface area (Å²) < 4.78 is 5.72. The van der Waals surface area contributed by atoms with Crippen LogP contribution in [0.2, 0.25) is 0 Å². The summed E-state index contributed by atoms with van der Waals surface area (Å²) in [6.45, 7) is 3.32. The first-order chi connectivity index (χ1) is 9.16. The van der Waals surface area contributed by atoms with Gasteiger partial charge in [0.1, 0.15) is 5.58 Å². The van der Waals surface area contributed by atoms with Crippen molar-refractivity contribution < 1.29 is 9.21 Å². The van der Waals surface area contributed by atoms with Gasteiger partial charge in [-0.1, -0.05) is 18.2 Å². The Morgan fingerprint density at radius 3 is 2.95 bits per heavy atom. The van der Waals surface area contributed by atoms with Crippen LogP contribution < -0.4 is 5.73 Å². The molecule has 1 fully saturated rings. The molecule has 1 aromatic heterocycles. The molecule has 1 atom stereocenters. The average Bonchev–Trinajstić information content (AvgIpc) is 2.76. The lowest BCUT2D eigenvalue weighted by atomic mass is 10.1. The van der Waals surface area contributed by atoms with Crippen LogP contribution in [0.1, 0.15) is 29.0 Å². The zero-order valence-corrected chi connectivity index (χ0v) is 11.1. The van der Waals surface area contributed by atoms with Crippen molar-refractivity contribution in [3.63, 3.8) is 0 Å². The molecule has 0 bridgehead atoms. The molecular weight excluding hydrogens is 240 g/mol. The summed E-state index contributed by atoms with van der Waals surface area (Å²) in [5.41, 5.74) is 7.61. The standard InChI is InChI=1S/C15H18N2O2/c1-10-12-6-2-3-7-13(12)19-14(10)15(18)17-8-4-5-11(16)9-17/h2-3,6-7,11H,4-5,8-9,16H2,1H3. The number of hydrogen-bond donors (Lipinski definition) is 1. The summed E-state index contributed by atoms with van der Waals surface area (Å²) in [5, 5.41) is 1.01. The number of amides is 1. The number of piperidine rings is 1. The highest BCUT2D eigenvalue weighted by molar-refractivity contribution is 5.98. The number of fused-ring (bicyclic) bond motifs is 1. The molecule has 1 aliphatic heterocycles. The van der Waals surface area contributed by atoms with Crippen molar-refractivity contribution in [2.45, 2.75) is 25.8 Å². The summed E-state index contributed by atoms with van der Waals surface area (Å²) in [4.78, 5) is 14.3. The molecule has 0 saturated carbocycles. The normalized spacial score (nSPS) is 19.9. The Labute approximate surface area is 112 Å². The third-order valence-corrected chi connectivity index (χ3v) is 3.78. The minimum Gasteiger partial charge on any atom is -0.451 e. The van der Waals surface area contributed by atoms with Gasteiger partial charge in [-0.25, -0.2) is 0 Å². The summed E-state index contributed by atoms with van der Waals surface area (Å²) in [5.74, 6) is 0.416. The van der Waals surface area contributed by atoms with Crippen LogP contribution in [0.25, 0.3) is 11.0 Å². The van der Waals surface area contributed by atoms with Gasteiger partial charge in [-0.2, -0.15) is 0 Å². The molecule has 3 rings (SSSR count). The number of para-hydroxylation sites is 1. The Bertz CT molecular complexity index is 618. The number of carbonyl (C=O) groups excluding carboxylic acids is 1. The van der Waals surface area contributed by atoms with Crippen molar-refractivity contribution >= 4 is 16.9 Å². The molecule has 2 heterocycles. The number of nitrogens with two attached hydrogens (primary N) is 1. The van der Waals surface area contributed by atoms with Crippen LogP contribution in [0.15, 0.2) is 28.7 Å². The molecule has 19 heavy (non-hydrogen) atoms. The number of nitrogens with zero attached hydrogens (tertiary/aromatic N) is 1. The summed E-state index contributed by atoms with van der Waals surface area (Å²) in [6.07, 6.45) is 1.95. The zero-order chi connectivity index (χ0) is 13.4. The molecule has 4 nitrogen and oxygen atoms in total. The second kappa shape index (κ2) is 4.70. The highest BCUT2D eigenvalue weighted by atomic mass is 16.3. The fraction of sp³-hybridized carbons (Fsp3) is 0.400. The molecule has 0 spiro atoms. The van der Waals surface area contributed by atoms with E-state index in [0.29, 0.717) is 12.3 Å². The topological polar surface area (TPSA) is 59.5 Å². The smallest absolute Gasteiger partial charge is 0.289 e. The first-order valence-electron chi connectivity index (χ1n) is 6.70. The number of furan rings is 1. The number of hydrogen-bond acceptors (Lipinski definition) is 3. The van der Waals surface area contributed by atoms with Crippen molar-refractivity contribution in [1.82, 2.24) is 4.90 Å². The fourth-order valence-corrected chi connectivity index (χ4v) is 2.72. The number of benzene rings is 1. The maximum absolute atomic E-state index is 12.5. The van der Waals surface area contributed by atoms with Crippen LogP contribution in [0, 0.1) is 6.92 Å². The van der Waals surface area contributed by atoms with Gasteiger partial charge in [0.15, 0.2) is 5.76 Å². The number of carbonyl (C=O) groups is 1. The quantitative estimate of drug-likeness (QED) is 0.853. The molecule has 0 radical (unpaired) electrons. The highest BCUT2D eigenvalue weighted by Gasteiger charge is 2.26. The molecule has 1 unspecified atom stereocenters. The lowest BCUT2D eigenvalue weighted by Gasteiger charge is -2.30. The molecular formula is C15H18N2O2. The Hall–Kier alpha value is -1.81. The van der Waals surface area contributed by atoms with Crippen molar-refractivity contribution in [1.29, 1.82) is 0 Å². The van der Waals surface area contributed by atoms with Gasteiger partial charge >= 0.3 is 0 Å². The van der Waals surface area contributed by atoms with E-state index in [1.807, 2.05) is 31.2 Å². The van der Waals surface area contributed by atoms with Crippen LogP contribution in [0.4, 0.5) is 0 Å². The van der Waals surface area contributed by atoms with Gasteiger partial charge in [0, 0.05) is 30.1 Å². The Morgan fingerprint density at radius 1 is 1.42 bits per heavy atom. The van der Waals surface area contributed by atoms with Crippen LogP contribution in [-0.4, -0.2) is 29.9 Å². The van der Waals surface area contributed by atoms with Gasteiger partial charge in [0.25, 0.3) is 5.91 Å². The lowest BCUT2D eigenvalue weighted by molar-refractivity contribution is 0.0678. The lowest BCUT2D eigenvalue weighted by Crippen LogP contribution is -2.45. The molecule has 4 heteroatoms. The molecule has 2 N–H and O–H groups in total. The van der Waals surface area contributed by atoms with Crippen LogP contribution in [0.3, 0.4) is 0 Å². The van der Waals surface area contributed by atoms with E-state index in [2.05, 4.69) is 0 Å². The van der Waals surface area contributed by atoms with Crippen molar-refractivity contribution in [2.75, 3.05) is 13.1 Å². The largest absolute Gasteiger partial charge is 0.451 e. The van der Waals surface area contributed by atoms with Crippen LogP contribution in [-0.2, 0) is 0 Å². The molecule has 0 aliphatic carbocycles. The molecule has 2 aromatic rings. The Balaban J connectivity index is 1.95. The first-order valence-corrected chi connectivity index (χ1v) is 6.70. The van der Waals surface area contributed by atoms with Crippen molar-refractivity contribution in [3.8, 4) is 0 Å². The second-order valence-corrected chi connectivity index (χ2v) is 5.21. The van der Waals surface area contributed by atoms with Crippen molar-refractivity contribution in [2.24, 2.45) is 5.73 Å². The maximum Gasteiger partial charge on any atom is 0.289 e. The van der Waals surface area contributed by atoms with E-state index in [-0.39, 0.29) is 11.9 Å². The third kappa shape index (κ3) is 2.12. The van der Waals surface area contributed by atoms with Gasteiger partial charge < -0.3 is 15.1 Å². The zero-order valence-electron chi connectivity index (χ0n) is 11.1. The molecule has 1 amide bonds. The van der Waals surface area contributed by atoms with Gasteiger partial charge in [0.2, 0.25) is 0 Å². The molecule has 1 saturated heterocycles. The third-order valence-electron chi connectivity index (χ3n) is 3.78. The fourth-order valence-electron chi connectivity index (χ4n) is 2.72. The Morgan fingerprint density at radius 2 is 2.21 bits per heavy atom. The summed E-state index contributed by atoms with van der Waals surface area (Å²) in [7, 11) is 0. The number of aryl methyl sites for hydroxylation is 1. The predicted molar refractivity (Wildman–Crippen MR) is 74.1 cm³/mol. The predicted octanol–water partition coefficient (Wildman–Crippen LogP) is 2.30. The second-order valence-electron chi connectivity index (χ2n) is 5.21. The number of rotatable bonds is 1.